The van der Waals surface area contributed by atoms with E-state index < -0.39 is 8.32 Å². The molecule has 5 heteroatoms. The van der Waals surface area contributed by atoms with E-state index in [-0.39, 0.29) is 9.15 Å². The standard InChI is InChI=1S/C17H26INO2Si/c1-12-19-14-11-13(7-9-15(14)20-12)8-10-16(18)21-22(5,6)17(2,3)4/h7,9,11,16H,8,10H2,1-6H3/t16-/m1/s1. The number of alkyl halides is 1. The van der Waals surface area contributed by atoms with E-state index >= 15 is 0 Å². The first kappa shape index (κ1) is 17.9. The van der Waals surface area contributed by atoms with E-state index in [9.17, 15) is 0 Å². The van der Waals surface area contributed by atoms with Crippen LogP contribution >= 0.6 is 22.6 Å². The molecule has 122 valence electrons. The smallest absolute Gasteiger partial charge is 0.193 e. The topological polar surface area (TPSA) is 35.3 Å². The second-order valence-electron chi connectivity index (χ2n) is 7.36. The highest BCUT2D eigenvalue weighted by Crippen LogP contribution is 2.38. The second-order valence-corrected chi connectivity index (χ2v) is 13.5. The van der Waals surface area contributed by atoms with Gasteiger partial charge in [-0.05, 0) is 48.7 Å². The minimum Gasteiger partial charge on any atom is -0.441 e. The van der Waals surface area contributed by atoms with Crippen LogP contribution in [0.3, 0.4) is 0 Å². The number of hydrogen-bond acceptors (Lipinski definition) is 3. The van der Waals surface area contributed by atoms with Crippen LogP contribution in [0.5, 0.6) is 0 Å². The maximum atomic E-state index is 6.41. The highest BCUT2D eigenvalue weighted by Gasteiger charge is 2.38. The van der Waals surface area contributed by atoms with Crippen molar-refractivity contribution in [2.45, 2.75) is 62.8 Å². The monoisotopic (exact) mass is 431 g/mol. The number of benzene rings is 1. The molecule has 0 aliphatic carbocycles. The van der Waals surface area contributed by atoms with Crippen molar-refractivity contribution in [3.05, 3.63) is 29.7 Å². The summed E-state index contributed by atoms with van der Waals surface area (Å²) in [6.45, 7) is 13.3. The Labute approximate surface area is 148 Å². The summed E-state index contributed by atoms with van der Waals surface area (Å²) in [6.07, 6.45) is 2.03. The van der Waals surface area contributed by atoms with Crippen molar-refractivity contribution in [1.29, 1.82) is 0 Å². The van der Waals surface area contributed by atoms with E-state index in [1.54, 1.807) is 0 Å². The number of hydrogen-bond donors (Lipinski definition) is 0. The Morgan fingerprint density at radius 1 is 1.32 bits per heavy atom. The fourth-order valence-corrected chi connectivity index (χ4v) is 5.41. The molecule has 1 heterocycles. The van der Waals surface area contributed by atoms with Crippen molar-refractivity contribution < 1.29 is 8.84 Å². The summed E-state index contributed by atoms with van der Waals surface area (Å²) in [5.74, 6) is 0.722. The molecule has 0 amide bonds. The van der Waals surface area contributed by atoms with E-state index in [1.807, 2.05) is 13.0 Å². The van der Waals surface area contributed by atoms with Gasteiger partial charge in [-0.1, -0.05) is 49.4 Å². The number of fused-ring (bicyclic) bond motifs is 1. The molecule has 1 aromatic carbocycles. The first-order valence-electron chi connectivity index (χ1n) is 7.76. The third kappa shape index (κ3) is 4.32. The molecule has 2 rings (SSSR count). The molecule has 0 unspecified atom stereocenters. The summed E-state index contributed by atoms with van der Waals surface area (Å²) < 4.78 is 12.2. The van der Waals surface area contributed by atoms with Crippen LogP contribution in [0.25, 0.3) is 11.1 Å². The van der Waals surface area contributed by atoms with Crippen LogP contribution in [0.4, 0.5) is 0 Å². The van der Waals surface area contributed by atoms with E-state index in [2.05, 4.69) is 73.6 Å². The van der Waals surface area contributed by atoms with Crippen LogP contribution in [0.2, 0.25) is 18.1 Å². The van der Waals surface area contributed by atoms with Crippen molar-refractivity contribution in [2.75, 3.05) is 0 Å². The fourth-order valence-electron chi connectivity index (χ4n) is 2.08. The van der Waals surface area contributed by atoms with Crippen LogP contribution in [0.1, 0.15) is 38.6 Å². The lowest BCUT2D eigenvalue weighted by atomic mass is 10.1. The number of oxazole rings is 1. The zero-order valence-electron chi connectivity index (χ0n) is 14.4. The molecule has 0 aliphatic heterocycles. The van der Waals surface area contributed by atoms with Crippen molar-refractivity contribution in [2.24, 2.45) is 0 Å². The number of aromatic nitrogens is 1. The second kappa shape index (κ2) is 6.61. The molecule has 0 bridgehead atoms. The number of aryl methyl sites for hydroxylation is 2. The van der Waals surface area contributed by atoms with Crippen LogP contribution in [0, 0.1) is 6.92 Å². The molecule has 0 radical (unpaired) electrons. The van der Waals surface area contributed by atoms with Crippen LogP contribution in [0.15, 0.2) is 22.6 Å². The quantitative estimate of drug-likeness (QED) is 0.338. The molecule has 0 saturated carbocycles. The van der Waals surface area contributed by atoms with Crippen LogP contribution in [-0.4, -0.2) is 17.4 Å². The first-order valence-corrected chi connectivity index (χ1v) is 11.9. The van der Waals surface area contributed by atoms with E-state index in [1.165, 1.54) is 5.56 Å². The van der Waals surface area contributed by atoms with Crippen LogP contribution in [-0.2, 0) is 10.8 Å². The molecule has 1 aromatic heterocycles. The van der Waals surface area contributed by atoms with Gasteiger partial charge in [-0.25, -0.2) is 4.98 Å². The zero-order chi connectivity index (χ0) is 16.5. The molecular formula is C17H26INO2Si. The summed E-state index contributed by atoms with van der Waals surface area (Å²) >= 11 is 2.43. The predicted octanol–water partition coefficient (Wildman–Crippen LogP) is 5.85. The SMILES string of the molecule is Cc1nc2cc(CC[C@H](I)O[Si](C)(C)C(C)(C)C)ccc2o1. The normalized spacial score (nSPS) is 14.5. The van der Waals surface area contributed by atoms with Gasteiger partial charge in [0.15, 0.2) is 19.8 Å². The molecule has 0 spiro atoms. The summed E-state index contributed by atoms with van der Waals surface area (Å²) in [5.41, 5.74) is 3.11. The largest absolute Gasteiger partial charge is 0.441 e. The Morgan fingerprint density at radius 3 is 2.64 bits per heavy atom. The Morgan fingerprint density at radius 2 is 2.00 bits per heavy atom. The lowest BCUT2D eigenvalue weighted by Gasteiger charge is -2.38. The minimum atomic E-state index is -1.68. The zero-order valence-corrected chi connectivity index (χ0v) is 17.5. The maximum absolute atomic E-state index is 6.41. The molecule has 1 atom stereocenters. The predicted molar refractivity (Wildman–Crippen MR) is 103 cm³/mol. The van der Waals surface area contributed by atoms with Crippen molar-refractivity contribution in [1.82, 2.24) is 4.98 Å². The Kier molecular flexibility index (Phi) is 5.39. The Bertz CT molecular complexity index is 646. The molecule has 0 aliphatic rings. The first-order chi connectivity index (χ1) is 10.1. The van der Waals surface area contributed by atoms with Gasteiger partial charge < -0.3 is 8.84 Å². The molecule has 22 heavy (non-hydrogen) atoms. The molecule has 0 saturated heterocycles. The number of rotatable bonds is 5. The van der Waals surface area contributed by atoms with Gasteiger partial charge in [-0.15, -0.1) is 0 Å². The van der Waals surface area contributed by atoms with Gasteiger partial charge in [0.1, 0.15) is 5.52 Å². The summed E-state index contributed by atoms with van der Waals surface area (Å²) in [6, 6.07) is 6.27. The third-order valence-electron chi connectivity index (χ3n) is 4.45. The van der Waals surface area contributed by atoms with Crippen molar-refractivity contribution in [3.63, 3.8) is 0 Å². The summed E-state index contributed by atoms with van der Waals surface area (Å²) in [7, 11) is -1.68. The fraction of sp³-hybridized carbons (Fsp3) is 0.588. The van der Waals surface area contributed by atoms with Gasteiger partial charge in [0.25, 0.3) is 0 Å². The highest BCUT2D eigenvalue weighted by molar-refractivity contribution is 14.1. The third-order valence-corrected chi connectivity index (χ3v) is 10.3. The van der Waals surface area contributed by atoms with Crippen LogP contribution < -0.4 is 0 Å². The lowest BCUT2D eigenvalue weighted by Crippen LogP contribution is -2.42. The van der Waals surface area contributed by atoms with Crippen molar-refractivity contribution in [3.8, 4) is 0 Å². The highest BCUT2D eigenvalue weighted by atomic mass is 127. The van der Waals surface area contributed by atoms with Gasteiger partial charge >= 0.3 is 0 Å². The number of nitrogens with zero attached hydrogens (tertiary/aromatic N) is 1. The average molecular weight is 431 g/mol. The Balaban J connectivity index is 1.96. The van der Waals surface area contributed by atoms with Gasteiger partial charge in [0.05, 0.1) is 4.11 Å². The van der Waals surface area contributed by atoms with Gasteiger partial charge in [-0.2, -0.15) is 0 Å². The van der Waals surface area contributed by atoms with Gasteiger partial charge in [-0.3, -0.25) is 0 Å². The summed E-state index contributed by atoms with van der Waals surface area (Å²) in [4.78, 5) is 4.40. The molecule has 2 aromatic rings. The molecule has 3 nitrogen and oxygen atoms in total. The molecule has 0 N–H and O–H groups in total. The average Bonchev–Trinajstić information content (AvgIpc) is 2.73. The minimum absolute atomic E-state index is 0.258. The lowest BCUT2D eigenvalue weighted by molar-refractivity contribution is 0.265. The van der Waals surface area contributed by atoms with E-state index in [0.29, 0.717) is 0 Å². The number of halogens is 1. The Hall–Kier alpha value is -0.403. The van der Waals surface area contributed by atoms with E-state index in [4.69, 9.17) is 8.84 Å². The maximum Gasteiger partial charge on any atom is 0.193 e. The molecule has 0 fully saturated rings. The summed E-state index contributed by atoms with van der Waals surface area (Å²) in [5, 5.41) is 0.258. The van der Waals surface area contributed by atoms with E-state index in [0.717, 1.165) is 29.8 Å². The van der Waals surface area contributed by atoms with Crippen molar-refractivity contribution >= 4 is 42.0 Å². The van der Waals surface area contributed by atoms with Gasteiger partial charge in [0.2, 0.25) is 0 Å². The van der Waals surface area contributed by atoms with Gasteiger partial charge in [0, 0.05) is 6.92 Å². The molecular weight excluding hydrogens is 405 g/mol.